The van der Waals surface area contributed by atoms with Gasteiger partial charge >= 0.3 is 0 Å². The Morgan fingerprint density at radius 3 is 2.78 bits per heavy atom. The van der Waals surface area contributed by atoms with Gasteiger partial charge in [-0.3, -0.25) is 4.79 Å². The van der Waals surface area contributed by atoms with Gasteiger partial charge in [0.05, 0.1) is 5.92 Å². The molecule has 96 valence electrons. The third-order valence-corrected chi connectivity index (χ3v) is 4.04. The van der Waals surface area contributed by atoms with E-state index < -0.39 is 0 Å². The highest BCUT2D eigenvalue weighted by Gasteiger charge is 2.33. The first-order chi connectivity index (χ1) is 8.75. The lowest BCUT2D eigenvalue weighted by atomic mass is 9.86. The zero-order valence-electron chi connectivity index (χ0n) is 10.9. The van der Waals surface area contributed by atoms with Gasteiger partial charge < -0.3 is 10.2 Å². The number of para-hydroxylation sites is 1. The summed E-state index contributed by atoms with van der Waals surface area (Å²) < 4.78 is 0. The molecule has 1 N–H and O–H groups in total. The molecule has 0 saturated carbocycles. The van der Waals surface area contributed by atoms with Crippen LogP contribution in [0.4, 0.5) is 5.69 Å². The van der Waals surface area contributed by atoms with Crippen LogP contribution in [0, 0.1) is 0 Å². The Morgan fingerprint density at radius 1 is 1.28 bits per heavy atom. The number of fused-ring (bicyclic) bond motifs is 1. The van der Waals surface area contributed by atoms with Crippen LogP contribution >= 0.6 is 0 Å². The number of carbonyl (C=O) groups excluding carboxylic acids is 1. The molecule has 1 amide bonds. The molecule has 0 spiro atoms. The lowest BCUT2D eigenvalue weighted by Gasteiger charge is -2.32. The van der Waals surface area contributed by atoms with Gasteiger partial charge in [-0.15, -0.1) is 0 Å². The Hall–Kier alpha value is -1.51. The Morgan fingerprint density at radius 2 is 2.00 bits per heavy atom. The summed E-state index contributed by atoms with van der Waals surface area (Å²) in [6, 6.07) is 8.60. The van der Waals surface area contributed by atoms with E-state index >= 15 is 0 Å². The van der Waals surface area contributed by atoms with Crippen molar-refractivity contribution < 1.29 is 4.79 Å². The predicted molar refractivity (Wildman–Crippen MR) is 72.7 cm³/mol. The summed E-state index contributed by atoms with van der Waals surface area (Å²) in [5, 5.41) is 3.46. The third-order valence-electron chi connectivity index (χ3n) is 4.04. The minimum Gasteiger partial charge on any atom is -0.382 e. The van der Waals surface area contributed by atoms with E-state index in [1.165, 1.54) is 5.56 Å². The first-order valence-electron chi connectivity index (χ1n) is 6.90. The molecule has 1 saturated heterocycles. The SMILES string of the molecule is CC1CC(C(=O)N2CCCC2)c2ccccc2N1. The van der Waals surface area contributed by atoms with Gasteiger partial charge in [-0.2, -0.15) is 0 Å². The summed E-state index contributed by atoms with van der Waals surface area (Å²) in [5.74, 6) is 0.379. The maximum Gasteiger partial charge on any atom is 0.230 e. The first kappa shape index (κ1) is 11.6. The largest absolute Gasteiger partial charge is 0.382 e. The van der Waals surface area contributed by atoms with Crippen molar-refractivity contribution in [3.8, 4) is 0 Å². The fourth-order valence-electron chi connectivity index (χ4n) is 3.13. The number of likely N-dealkylation sites (tertiary alicyclic amines) is 1. The van der Waals surface area contributed by atoms with Crippen molar-refractivity contribution in [2.45, 2.75) is 38.1 Å². The summed E-state index contributed by atoms with van der Waals surface area (Å²) in [4.78, 5) is 14.6. The van der Waals surface area contributed by atoms with E-state index in [0.29, 0.717) is 11.9 Å². The molecule has 2 unspecified atom stereocenters. The van der Waals surface area contributed by atoms with E-state index in [0.717, 1.165) is 38.0 Å². The summed E-state index contributed by atoms with van der Waals surface area (Å²) in [5.41, 5.74) is 2.31. The lowest BCUT2D eigenvalue weighted by Crippen LogP contribution is -2.37. The number of hydrogen-bond donors (Lipinski definition) is 1. The number of benzene rings is 1. The number of amides is 1. The second-order valence-electron chi connectivity index (χ2n) is 5.45. The minimum atomic E-state index is 0.0514. The van der Waals surface area contributed by atoms with Gasteiger partial charge in [-0.05, 0) is 37.8 Å². The van der Waals surface area contributed by atoms with Crippen LogP contribution in [0.25, 0.3) is 0 Å². The van der Waals surface area contributed by atoms with Gasteiger partial charge in [-0.25, -0.2) is 0 Å². The van der Waals surface area contributed by atoms with E-state index in [9.17, 15) is 4.79 Å². The van der Waals surface area contributed by atoms with Crippen molar-refractivity contribution in [1.29, 1.82) is 0 Å². The lowest BCUT2D eigenvalue weighted by molar-refractivity contribution is -0.132. The van der Waals surface area contributed by atoms with Crippen molar-refractivity contribution in [3.05, 3.63) is 29.8 Å². The van der Waals surface area contributed by atoms with Crippen molar-refractivity contribution in [2.24, 2.45) is 0 Å². The fraction of sp³-hybridized carbons (Fsp3) is 0.533. The van der Waals surface area contributed by atoms with Crippen LogP contribution in [0.3, 0.4) is 0 Å². The van der Waals surface area contributed by atoms with Crippen molar-refractivity contribution >= 4 is 11.6 Å². The Bertz CT molecular complexity index is 452. The summed E-state index contributed by atoms with van der Waals surface area (Å²) in [6.45, 7) is 4.04. The second kappa shape index (κ2) is 4.63. The van der Waals surface area contributed by atoms with Crippen LogP contribution < -0.4 is 5.32 Å². The quantitative estimate of drug-likeness (QED) is 0.823. The Kier molecular flexibility index (Phi) is 2.98. The van der Waals surface area contributed by atoms with Gasteiger partial charge in [-0.1, -0.05) is 18.2 Å². The molecule has 3 nitrogen and oxygen atoms in total. The summed E-state index contributed by atoms with van der Waals surface area (Å²) in [7, 11) is 0. The monoisotopic (exact) mass is 244 g/mol. The normalized spacial score (nSPS) is 26.6. The van der Waals surface area contributed by atoms with E-state index in [-0.39, 0.29) is 5.92 Å². The predicted octanol–water partition coefficient (Wildman–Crippen LogP) is 2.60. The molecule has 0 bridgehead atoms. The van der Waals surface area contributed by atoms with E-state index in [4.69, 9.17) is 0 Å². The highest BCUT2D eigenvalue weighted by atomic mass is 16.2. The molecule has 2 aliphatic rings. The van der Waals surface area contributed by atoms with Crippen LogP contribution in [0.5, 0.6) is 0 Å². The number of anilines is 1. The molecule has 0 radical (unpaired) electrons. The highest BCUT2D eigenvalue weighted by Crippen LogP contribution is 2.35. The Balaban J connectivity index is 1.89. The van der Waals surface area contributed by atoms with E-state index in [1.807, 2.05) is 17.0 Å². The topological polar surface area (TPSA) is 32.3 Å². The molecule has 1 aromatic carbocycles. The molecular weight excluding hydrogens is 224 g/mol. The van der Waals surface area contributed by atoms with Crippen molar-refractivity contribution in [3.63, 3.8) is 0 Å². The first-order valence-corrected chi connectivity index (χ1v) is 6.90. The smallest absolute Gasteiger partial charge is 0.230 e. The molecule has 3 rings (SSSR count). The van der Waals surface area contributed by atoms with E-state index in [1.54, 1.807) is 0 Å². The van der Waals surface area contributed by atoms with Crippen molar-refractivity contribution in [2.75, 3.05) is 18.4 Å². The van der Waals surface area contributed by atoms with Crippen molar-refractivity contribution in [1.82, 2.24) is 4.90 Å². The van der Waals surface area contributed by atoms with Crippen LogP contribution in [0.15, 0.2) is 24.3 Å². The van der Waals surface area contributed by atoms with Crippen LogP contribution in [-0.4, -0.2) is 29.9 Å². The average Bonchev–Trinajstić information content (AvgIpc) is 2.90. The van der Waals surface area contributed by atoms with Crippen LogP contribution in [-0.2, 0) is 4.79 Å². The molecule has 18 heavy (non-hydrogen) atoms. The van der Waals surface area contributed by atoms with E-state index in [2.05, 4.69) is 24.4 Å². The highest BCUT2D eigenvalue weighted by molar-refractivity contribution is 5.86. The van der Waals surface area contributed by atoms with Crippen LogP contribution in [0.1, 0.15) is 37.7 Å². The fourth-order valence-corrected chi connectivity index (χ4v) is 3.13. The standard InChI is InChI=1S/C15H20N2O/c1-11-10-13(15(18)17-8-4-5-9-17)12-6-2-3-7-14(12)16-11/h2-3,6-7,11,13,16H,4-5,8-10H2,1H3. The minimum absolute atomic E-state index is 0.0514. The number of rotatable bonds is 1. The molecule has 2 atom stereocenters. The Labute approximate surface area is 108 Å². The summed E-state index contributed by atoms with van der Waals surface area (Å²) in [6.07, 6.45) is 3.23. The summed E-state index contributed by atoms with van der Waals surface area (Å²) >= 11 is 0. The maximum atomic E-state index is 12.6. The molecule has 2 heterocycles. The van der Waals surface area contributed by atoms with Gasteiger partial charge in [0, 0.05) is 24.8 Å². The number of nitrogens with one attached hydrogen (secondary N) is 1. The number of hydrogen-bond acceptors (Lipinski definition) is 2. The van der Waals surface area contributed by atoms with Gasteiger partial charge in [0.2, 0.25) is 5.91 Å². The molecular formula is C15H20N2O. The molecule has 0 aliphatic carbocycles. The zero-order chi connectivity index (χ0) is 12.5. The van der Waals surface area contributed by atoms with Gasteiger partial charge in [0.15, 0.2) is 0 Å². The number of nitrogens with zero attached hydrogens (tertiary/aromatic N) is 1. The maximum absolute atomic E-state index is 12.6. The van der Waals surface area contributed by atoms with Gasteiger partial charge in [0.1, 0.15) is 0 Å². The average molecular weight is 244 g/mol. The third kappa shape index (κ3) is 1.98. The molecule has 1 fully saturated rings. The van der Waals surface area contributed by atoms with Crippen LogP contribution in [0.2, 0.25) is 0 Å². The van der Waals surface area contributed by atoms with Gasteiger partial charge in [0.25, 0.3) is 0 Å². The number of carbonyl (C=O) groups is 1. The second-order valence-corrected chi connectivity index (χ2v) is 5.45. The zero-order valence-corrected chi connectivity index (χ0v) is 10.9. The molecule has 1 aromatic rings. The molecule has 2 aliphatic heterocycles. The molecule has 0 aromatic heterocycles. The molecule has 3 heteroatoms.